The molecular formula is C21H21FN4O. The van der Waals surface area contributed by atoms with E-state index in [-0.39, 0.29) is 17.6 Å². The SMILES string of the molecule is Cc1[nH]ncc1C(=O)N1CCCC(c2cccc(-c3cccc(F)c3)n2)C1. The maximum absolute atomic E-state index is 13.5. The molecule has 1 aliphatic rings. The van der Waals surface area contributed by atoms with Crippen LogP contribution in [0.3, 0.4) is 0 Å². The largest absolute Gasteiger partial charge is 0.338 e. The molecule has 138 valence electrons. The molecular weight excluding hydrogens is 343 g/mol. The highest BCUT2D eigenvalue weighted by Gasteiger charge is 2.27. The lowest BCUT2D eigenvalue weighted by Gasteiger charge is -2.32. The summed E-state index contributed by atoms with van der Waals surface area (Å²) in [5, 5.41) is 6.77. The Morgan fingerprint density at radius 3 is 2.89 bits per heavy atom. The van der Waals surface area contributed by atoms with Gasteiger partial charge in [-0.05, 0) is 44.0 Å². The van der Waals surface area contributed by atoms with Gasteiger partial charge in [0, 0.05) is 36.0 Å². The zero-order valence-electron chi connectivity index (χ0n) is 15.2. The number of carbonyl (C=O) groups excluding carboxylic acids is 1. The van der Waals surface area contributed by atoms with Gasteiger partial charge < -0.3 is 4.90 Å². The van der Waals surface area contributed by atoms with Crippen molar-refractivity contribution in [2.24, 2.45) is 0 Å². The summed E-state index contributed by atoms with van der Waals surface area (Å²) in [4.78, 5) is 19.4. The van der Waals surface area contributed by atoms with Crippen molar-refractivity contribution in [3.8, 4) is 11.3 Å². The summed E-state index contributed by atoms with van der Waals surface area (Å²) in [5.74, 6) is -0.0970. The lowest BCUT2D eigenvalue weighted by molar-refractivity contribution is 0.0705. The number of H-pyrrole nitrogens is 1. The zero-order chi connectivity index (χ0) is 18.8. The van der Waals surface area contributed by atoms with Crippen molar-refractivity contribution in [1.29, 1.82) is 0 Å². The number of aryl methyl sites for hydroxylation is 1. The normalized spacial score (nSPS) is 17.1. The molecule has 5 nitrogen and oxygen atoms in total. The maximum atomic E-state index is 13.5. The molecule has 1 aromatic carbocycles. The number of benzene rings is 1. The number of nitrogens with one attached hydrogen (secondary N) is 1. The van der Waals surface area contributed by atoms with E-state index in [4.69, 9.17) is 4.98 Å². The van der Waals surface area contributed by atoms with E-state index in [1.165, 1.54) is 12.1 Å². The van der Waals surface area contributed by atoms with Crippen LogP contribution in [0.1, 0.15) is 40.5 Å². The molecule has 0 spiro atoms. The second kappa shape index (κ2) is 7.31. The van der Waals surface area contributed by atoms with Gasteiger partial charge in [0.2, 0.25) is 0 Å². The van der Waals surface area contributed by atoms with Crippen molar-refractivity contribution in [3.63, 3.8) is 0 Å². The molecule has 27 heavy (non-hydrogen) atoms. The third-order valence-corrected chi connectivity index (χ3v) is 5.08. The van der Waals surface area contributed by atoms with Gasteiger partial charge in [0.05, 0.1) is 17.5 Å². The second-order valence-corrected chi connectivity index (χ2v) is 6.96. The molecule has 6 heteroatoms. The van der Waals surface area contributed by atoms with E-state index in [0.717, 1.165) is 42.0 Å². The summed E-state index contributed by atoms with van der Waals surface area (Å²) in [7, 11) is 0. The van der Waals surface area contributed by atoms with Gasteiger partial charge in [0.25, 0.3) is 5.91 Å². The number of pyridine rings is 1. The molecule has 2 aromatic heterocycles. The van der Waals surface area contributed by atoms with Crippen molar-refractivity contribution in [3.05, 3.63) is 71.4 Å². The highest BCUT2D eigenvalue weighted by molar-refractivity contribution is 5.95. The van der Waals surface area contributed by atoms with E-state index in [1.807, 2.05) is 36.1 Å². The van der Waals surface area contributed by atoms with Crippen molar-refractivity contribution in [2.75, 3.05) is 13.1 Å². The first kappa shape index (κ1) is 17.4. The highest BCUT2D eigenvalue weighted by atomic mass is 19.1. The first-order chi connectivity index (χ1) is 13.1. The van der Waals surface area contributed by atoms with Crippen LogP contribution >= 0.6 is 0 Å². The van der Waals surface area contributed by atoms with Gasteiger partial charge >= 0.3 is 0 Å². The van der Waals surface area contributed by atoms with Crippen LogP contribution in [0.5, 0.6) is 0 Å². The van der Waals surface area contributed by atoms with Crippen molar-refractivity contribution < 1.29 is 9.18 Å². The van der Waals surface area contributed by atoms with Crippen molar-refractivity contribution >= 4 is 5.91 Å². The summed E-state index contributed by atoms with van der Waals surface area (Å²) in [6, 6.07) is 12.3. The smallest absolute Gasteiger partial charge is 0.257 e. The molecule has 4 rings (SSSR count). The number of piperidine rings is 1. The first-order valence-electron chi connectivity index (χ1n) is 9.14. The van der Waals surface area contributed by atoms with Crippen LogP contribution in [-0.2, 0) is 0 Å². The number of likely N-dealkylation sites (tertiary alicyclic amines) is 1. The lowest BCUT2D eigenvalue weighted by Crippen LogP contribution is -2.39. The minimum absolute atomic E-state index is 0.00670. The van der Waals surface area contributed by atoms with Gasteiger partial charge in [0.1, 0.15) is 5.82 Å². The molecule has 1 amide bonds. The molecule has 1 aliphatic heterocycles. The van der Waals surface area contributed by atoms with E-state index in [2.05, 4.69) is 10.2 Å². The van der Waals surface area contributed by atoms with Crippen LogP contribution < -0.4 is 0 Å². The number of nitrogens with zero attached hydrogens (tertiary/aromatic N) is 3. The Kier molecular flexibility index (Phi) is 4.71. The monoisotopic (exact) mass is 364 g/mol. The van der Waals surface area contributed by atoms with Crippen molar-refractivity contribution in [2.45, 2.75) is 25.7 Å². The fourth-order valence-corrected chi connectivity index (χ4v) is 3.63. The van der Waals surface area contributed by atoms with Crippen LogP contribution in [0.15, 0.2) is 48.7 Å². The number of carbonyl (C=O) groups is 1. The molecule has 1 atom stereocenters. The Morgan fingerprint density at radius 2 is 2.11 bits per heavy atom. The van der Waals surface area contributed by atoms with Crippen LogP contribution in [0, 0.1) is 12.7 Å². The van der Waals surface area contributed by atoms with Gasteiger partial charge in [-0.25, -0.2) is 4.39 Å². The molecule has 0 aliphatic carbocycles. The molecule has 3 aromatic rings. The van der Waals surface area contributed by atoms with E-state index >= 15 is 0 Å². The molecule has 1 saturated heterocycles. The van der Waals surface area contributed by atoms with E-state index in [0.29, 0.717) is 12.1 Å². The topological polar surface area (TPSA) is 61.9 Å². The second-order valence-electron chi connectivity index (χ2n) is 6.96. The molecule has 0 saturated carbocycles. The fourth-order valence-electron chi connectivity index (χ4n) is 3.63. The molecule has 1 fully saturated rings. The summed E-state index contributed by atoms with van der Waals surface area (Å²) in [6.45, 7) is 3.22. The van der Waals surface area contributed by atoms with Gasteiger partial charge in [0.15, 0.2) is 0 Å². The number of hydrogen-bond acceptors (Lipinski definition) is 3. The lowest BCUT2D eigenvalue weighted by atomic mass is 9.93. The van der Waals surface area contributed by atoms with Gasteiger partial charge in [-0.3, -0.25) is 14.9 Å². The Morgan fingerprint density at radius 1 is 1.26 bits per heavy atom. The summed E-state index contributed by atoms with van der Waals surface area (Å²) >= 11 is 0. The Bertz CT molecular complexity index is 968. The maximum Gasteiger partial charge on any atom is 0.257 e. The van der Waals surface area contributed by atoms with Gasteiger partial charge in [-0.1, -0.05) is 18.2 Å². The molecule has 0 bridgehead atoms. The number of amides is 1. The zero-order valence-corrected chi connectivity index (χ0v) is 15.2. The van der Waals surface area contributed by atoms with E-state index in [1.54, 1.807) is 12.3 Å². The predicted molar refractivity (Wildman–Crippen MR) is 101 cm³/mol. The number of hydrogen-bond donors (Lipinski definition) is 1. The predicted octanol–water partition coefficient (Wildman–Crippen LogP) is 3.94. The minimum atomic E-state index is -0.273. The number of aromatic amines is 1. The molecule has 3 heterocycles. The Hall–Kier alpha value is -3.02. The number of aromatic nitrogens is 3. The van der Waals surface area contributed by atoms with E-state index in [9.17, 15) is 9.18 Å². The average Bonchev–Trinajstić information content (AvgIpc) is 3.13. The Balaban J connectivity index is 1.56. The fraction of sp³-hybridized carbons (Fsp3) is 0.286. The van der Waals surface area contributed by atoms with Gasteiger partial charge in [-0.15, -0.1) is 0 Å². The number of rotatable bonds is 3. The summed E-state index contributed by atoms with van der Waals surface area (Å²) in [5.41, 5.74) is 3.86. The van der Waals surface area contributed by atoms with Gasteiger partial charge in [-0.2, -0.15) is 5.10 Å². The minimum Gasteiger partial charge on any atom is -0.338 e. The van der Waals surface area contributed by atoms with Crippen LogP contribution in [0.2, 0.25) is 0 Å². The average molecular weight is 364 g/mol. The number of halogens is 1. The quantitative estimate of drug-likeness (QED) is 0.766. The molecule has 1 N–H and O–H groups in total. The third kappa shape index (κ3) is 3.60. The standard InChI is InChI=1S/C21H21FN4O/c1-14-18(12-23-25-14)21(27)26-10-4-6-16(13-26)20-9-3-8-19(24-20)15-5-2-7-17(22)11-15/h2-3,5,7-9,11-12,16H,4,6,10,13H2,1H3,(H,23,25). The first-order valence-corrected chi connectivity index (χ1v) is 9.14. The van der Waals surface area contributed by atoms with E-state index < -0.39 is 0 Å². The van der Waals surface area contributed by atoms with Crippen molar-refractivity contribution in [1.82, 2.24) is 20.1 Å². The third-order valence-electron chi connectivity index (χ3n) is 5.08. The highest BCUT2D eigenvalue weighted by Crippen LogP contribution is 2.28. The van der Waals surface area contributed by atoms with Crippen LogP contribution in [-0.4, -0.2) is 39.1 Å². The van der Waals surface area contributed by atoms with Crippen LogP contribution in [0.4, 0.5) is 4.39 Å². The molecule has 1 unspecified atom stereocenters. The molecule has 0 radical (unpaired) electrons. The summed E-state index contributed by atoms with van der Waals surface area (Å²) < 4.78 is 13.5. The van der Waals surface area contributed by atoms with Crippen LogP contribution in [0.25, 0.3) is 11.3 Å². The Labute approximate surface area is 157 Å². The summed E-state index contributed by atoms with van der Waals surface area (Å²) in [6.07, 6.45) is 3.50.